The number of rotatable bonds is 3. The van der Waals surface area contributed by atoms with E-state index in [2.05, 4.69) is 5.32 Å². The van der Waals surface area contributed by atoms with Crippen LogP contribution in [0.3, 0.4) is 0 Å². The van der Waals surface area contributed by atoms with E-state index in [1.807, 2.05) is 18.2 Å². The van der Waals surface area contributed by atoms with Crippen molar-refractivity contribution in [3.63, 3.8) is 0 Å². The number of nitrogens with two attached hydrogens (primary N) is 1. The highest BCUT2D eigenvalue weighted by Crippen LogP contribution is 2.32. The van der Waals surface area contributed by atoms with Gasteiger partial charge in [0.05, 0.1) is 13.1 Å². The summed E-state index contributed by atoms with van der Waals surface area (Å²) in [5.74, 6) is -0.328. The fourth-order valence-corrected chi connectivity index (χ4v) is 3.57. The zero-order valence-corrected chi connectivity index (χ0v) is 14.8. The van der Waals surface area contributed by atoms with Gasteiger partial charge in [0.15, 0.2) is 0 Å². The fraction of sp³-hybridized carbons (Fsp3) is 0.250. The average molecular weight is 364 g/mol. The number of benzene rings is 2. The topological polar surface area (TPSA) is 95.7 Å². The van der Waals surface area contributed by atoms with Gasteiger partial charge in [0, 0.05) is 23.5 Å². The predicted molar refractivity (Wildman–Crippen MR) is 101 cm³/mol. The summed E-state index contributed by atoms with van der Waals surface area (Å²) in [5, 5.41) is 2.49. The van der Waals surface area contributed by atoms with Gasteiger partial charge in [-0.25, -0.2) is 4.79 Å². The van der Waals surface area contributed by atoms with Gasteiger partial charge in [-0.05, 0) is 48.2 Å². The second-order valence-corrected chi connectivity index (χ2v) is 6.74. The van der Waals surface area contributed by atoms with Crippen molar-refractivity contribution in [3.05, 3.63) is 59.2 Å². The molecule has 4 amide bonds. The molecule has 2 aliphatic heterocycles. The zero-order valence-electron chi connectivity index (χ0n) is 14.8. The van der Waals surface area contributed by atoms with Crippen LogP contribution in [-0.2, 0) is 17.8 Å². The Bertz CT molecular complexity index is 907. The number of carbonyl (C=O) groups is 3. The smallest absolute Gasteiger partial charge is 0.324 e. The van der Waals surface area contributed by atoms with Gasteiger partial charge in [-0.3, -0.25) is 14.5 Å². The molecule has 27 heavy (non-hydrogen) atoms. The van der Waals surface area contributed by atoms with Crippen LogP contribution in [-0.4, -0.2) is 35.8 Å². The maximum absolute atomic E-state index is 13.0. The van der Waals surface area contributed by atoms with Crippen molar-refractivity contribution < 1.29 is 14.4 Å². The Morgan fingerprint density at radius 3 is 2.59 bits per heavy atom. The predicted octanol–water partition coefficient (Wildman–Crippen LogP) is 1.91. The van der Waals surface area contributed by atoms with Crippen LogP contribution in [0.25, 0.3) is 0 Å². The second kappa shape index (κ2) is 6.75. The molecule has 0 aromatic heterocycles. The number of carbonyl (C=O) groups excluding carboxylic acids is 3. The van der Waals surface area contributed by atoms with Crippen LogP contribution in [0.15, 0.2) is 42.5 Å². The van der Waals surface area contributed by atoms with Crippen LogP contribution in [0.5, 0.6) is 0 Å². The molecule has 0 aliphatic carbocycles. The van der Waals surface area contributed by atoms with E-state index in [1.54, 1.807) is 29.2 Å². The highest BCUT2D eigenvalue weighted by atomic mass is 16.2. The summed E-state index contributed by atoms with van der Waals surface area (Å²) < 4.78 is 0. The lowest BCUT2D eigenvalue weighted by Crippen LogP contribution is -2.35. The van der Waals surface area contributed by atoms with Gasteiger partial charge in [0.1, 0.15) is 0 Å². The quantitative estimate of drug-likeness (QED) is 0.642. The molecule has 4 rings (SSSR count). The molecule has 0 spiro atoms. The second-order valence-electron chi connectivity index (χ2n) is 6.74. The molecule has 2 aromatic carbocycles. The Hall–Kier alpha value is -3.35. The fourth-order valence-electron chi connectivity index (χ4n) is 3.57. The number of nitrogens with one attached hydrogen (secondary N) is 1. The van der Waals surface area contributed by atoms with Crippen LogP contribution in [0, 0.1) is 0 Å². The molecule has 7 heteroatoms. The van der Waals surface area contributed by atoms with E-state index in [4.69, 9.17) is 5.73 Å². The third-order valence-electron chi connectivity index (χ3n) is 5.01. The Morgan fingerprint density at radius 1 is 1.11 bits per heavy atom. The molecule has 2 aliphatic rings. The van der Waals surface area contributed by atoms with Gasteiger partial charge in [-0.2, -0.15) is 0 Å². The summed E-state index contributed by atoms with van der Waals surface area (Å²) in [6, 6.07) is 12.3. The third-order valence-corrected chi connectivity index (χ3v) is 5.01. The molecule has 1 fully saturated rings. The maximum atomic E-state index is 13.0. The Balaban J connectivity index is 1.53. The van der Waals surface area contributed by atoms with Crippen molar-refractivity contribution in [2.24, 2.45) is 0 Å². The lowest BCUT2D eigenvalue weighted by molar-refractivity contribution is -0.125. The number of anilines is 2. The first-order chi connectivity index (χ1) is 13.0. The number of fused-ring (bicyclic) bond motifs is 1. The number of imide groups is 1. The van der Waals surface area contributed by atoms with E-state index in [0.717, 1.165) is 29.7 Å². The highest BCUT2D eigenvalue weighted by molar-refractivity contribution is 6.07. The monoisotopic (exact) mass is 364 g/mol. The van der Waals surface area contributed by atoms with E-state index in [9.17, 15) is 14.4 Å². The van der Waals surface area contributed by atoms with Crippen molar-refractivity contribution in [1.82, 2.24) is 10.2 Å². The highest BCUT2D eigenvalue weighted by Gasteiger charge is 2.28. The molecule has 138 valence electrons. The number of hydrogen-bond donors (Lipinski definition) is 2. The first-order valence-corrected chi connectivity index (χ1v) is 8.91. The first kappa shape index (κ1) is 17.1. The Kier molecular flexibility index (Phi) is 4.27. The minimum atomic E-state index is -0.386. The average Bonchev–Trinajstić information content (AvgIpc) is 3.00. The third kappa shape index (κ3) is 3.12. The van der Waals surface area contributed by atoms with Crippen LogP contribution >= 0.6 is 0 Å². The first-order valence-electron chi connectivity index (χ1n) is 8.91. The van der Waals surface area contributed by atoms with Crippen molar-refractivity contribution in [2.75, 3.05) is 23.7 Å². The Morgan fingerprint density at radius 2 is 1.89 bits per heavy atom. The molecule has 2 heterocycles. The molecule has 0 bridgehead atoms. The summed E-state index contributed by atoms with van der Waals surface area (Å²) in [5.41, 5.74) is 10.0. The van der Waals surface area contributed by atoms with Gasteiger partial charge in [-0.15, -0.1) is 0 Å². The van der Waals surface area contributed by atoms with Crippen LogP contribution in [0.4, 0.5) is 16.2 Å². The number of nitrogens with zero attached hydrogens (tertiary/aromatic N) is 2. The lowest BCUT2D eigenvalue weighted by Gasteiger charge is -2.30. The molecule has 1 saturated heterocycles. The van der Waals surface area contributed by atoms with E-state index in [-0.39, 0.29) is 30.9 Å². The van der Waals surface area contributed by atoms with Crippen LogP contribution in [0.1, 0.15) is 27.9 Å². The van der Waals surface area contributed by atoms with Crippen molar-refractivity contribution in [2.45, 2.75) is 19.4 Å². The minimum absolute atomic E-state index is 0.0346. The molecule has 2 aromatic rings. The van der Waals surface area contributed by atoms with Gasteiger partial charge in [0.2, 0.25) is 5.91 Å². The number of hydrogen-bond acceptors (Lipinski definition) is 4. The van der Waals surface area contributed by atoms with Gasteiger partial charge in [-0.1, -0.05) is 18.2 Å². The zero-order chi connectivity index (χ0) is 19.0. The van der Waals surface area contributed by atoms with Gasteiger partial charge < -0.3 is 16.0 Å². The van der Waals surface area contributed by atoms with Crippen molar-refractivity contribution >= 4 is 29.2 Å². The molecular formula is C20H20N4O3. The van der Waals surface area contributed by atoms with E-state index < -0.39 is 0 Å². The van der Waals surface area contributed by atoms with Crippen LogP contribution < -0.4 is 16.0 Å². The number of amides is 4. The molecular weight excluding hydrogens is 344 g/mol. The summed E-state index contributed by atoms with van der Waals surface area (Å²) >= 11 is 0. The Labute approximate surface area is 156 Å². The van der Waals surface area contributed by atoms with Crippen LogP contribution in [0.2, 0.25) is 0 Å². The molecule has 0 radical (unpaired) electrons. The largest absolute Gasteiger partial charge is 0.398 e. The summed E-state index contributed by atoms with van der Waals surface area (Å²) in [7, 11) is 0. The SMILES string of the molecule is Nc1cccc2c1CCCN2C(=O)c1ccc(CN2C(=O)CNC2=O)cc1. The lowest BCUT2D eigenvalue weighted by atomic mass is 9.99. The maximum Gasteiger partial charge on any atom is 0.324 e. The standard InChI is InChI=1S/C20H20N4O3/c21-16-4-1-5-17-15(16)3-2-10-23(17)19(26)14-8-6-13(7-9-14)12-24-18(25)11-22-20(24)27/h1,4-9H,2-3,10-12,21H2,(H,22,27). The normalized spacial score (nSPS) is 16.3. The van der Waals surface area contributed by atoms with E-state index in [0.29, 0.717) is 17.8 Å². The molecule has 7 nitrogen and oxygen atoms in total. The van der Waals surface area contributed by atoms with Crippen molar-refractivity contribution in [3.8, 4) is 0 Å². The van der Waals surface area contributed by atoms with Gasteiger partial charge >= 0.3 is 6.03 Å². The van der Waals surface area contributed by atoms with E-state index in [1.165, 1.54) is 4.90 Å². The summed E-state index contributed by atoms with van der Waals surface area (Å²) in [4.78, 5) is 39.2. The number of urea groups is 1. The van der Waals surface area contributed by atoms with Crippen molar-refractivity contribution in [1.29, 1.82) is 0 Å². The summed E-state index contributed by atoms with van der Waals surface area (Å²) in [6.45, 7) is 0.884. The molecule has 3 N–H and O–H groups in total. The van der Waals surface area contributed by atoms with Gasteiger partial charge in [0.25, 0.3) is 5.91 Å². The van der Waals surface area contributed by atoms with E-state index >= 15 is 0 Å². The summed E-state index contributed by atoms with van der Waals surface area (Å²) in [6.07, 6.45) is 1.74. The minimum Gasteiger partial charge on any atom is -0.398 e. The molecule has 0 unspecified atom stereocenters. The molecule has 0 atom stereocenters. The molecule has 0 saturated carbocycles. The number of nitrogen functional groups attached to an aromatic ring is 1.